The quantitative estimate of drug-likeness (QED) is 0.507. The predicted molar refractivity (Wildman–Crippen MR) is 41.7 cm³/mol. The van der Waals surface area contributed by atoms with Crippen molar-refractivity contribution in [2.75, 3.05) is 0 Å². The summed E-state index contributed by atoms with van der Waals surface area (Å²) >= 11 is 0. The van der Waals surface area contributed by atoms with Crippen molar-refractivity contribution in [2.45, 2.75) is 26.2 Å². The minimum atomic E-state index is 0.228. The molecule has 0 radical (unpaired) electrons. The first-order valence-corrected chi connectivity index (χ1v) is 3.91. The average molecular weight is 138 g/mol. The second-order valence-electron chi connectivity index (χ2n) is 3.05. The molecule has 0 N–H and O–H groups in total. The second kappa shape index (κ2) is 3.00. The normalized spacial score (nSPS) is 33.9. The molecule has 10 heavy (non-hydrogen) atoms. The summed E-state index contributed by atoms with van der Waals surface area (Å²) in [4.78, 5) is 11.1. The smallest absolute Gasteiger partial charge is 0.136 e. The summed E-state index contributed by atoms with van der Waals surface area (Å²) in [6.07, 6.45) is 4.91. The molecule has 1 aliphatic rings. The summed E-state index contributed by atoms with van der Waals surface area (Å²) < 4.78 is 0. The summed E-state index contributed by atoms with van der Waals surface area (Å²) in [7, 11) is 0. The molecule has 0 bridgehead atoms. The monoisotopic (exact) mass is 138 g/mol. The van der Waals surface area contributed by atoms with Crippen LogP contribution in [0.5, 0.6) is 0 Å². The van der Waals surface area contributed by atoms with Crippen LogP contribution in [0.3, 0.4) is 0 Å². The topological polar surface area (TPSA) is 17.1 Å². The van der Waals surface area contributed by atoms with Crippen LogP contribution < -0.4 is 0 Å². The molecular weight excluding hydrogens is 124 g/mol. The van der Waals surface area contributed by atoms with Crippen LogP contribution in [0.4, 0.5) is 0 Å². The van der Waals surface area contributed by atoms with Crippen LogP contribution in [-0.2, 0) is 4.79 Å². The summed E-state index contributed by atoms with van der Waals surface area (Å²) in [6, 6.07) is 0. The first kappa shape index (κ1) is 7.52. The van der Waals surface area contributed by atoms with Crippen LogP contribution in [-0.4, -0.2) is 5.78 Å². The number of carbonyl (C=O) groups excluding carboxylic acids is 1. The van der Waals surface area contributed by atoms with Crippen molar-refractivity contribution < 1.29 is 4.79 Å². The number of hydrogen-bond acceptors (Lipinski definition) is 1. The highest BCUT2D eigenvalue weighted by atomic mass is 16.1. The molecule has 1 saturated carbocycles. The van der Waals surface area contributed by atoms with Gasteiger partial charge < -0.3 is 0 Å². The lowest BCUT2D eigenvalue weighted by Gasteiger charge is -2.24. The molecule has 0 spiro atoms. The van der Waals surface area contributed by atoms with E-state index in [2.05, 4.69) is 6.58 Å². The van der Waals surface area contributed by atoms with Crippen molar-refractivity contribution in [3.8, 4) is 0 Å². The van der Waals surface area contributed by atoms with Crippen molar-refractivity contribution >= 4 is 5.78 Å². The van der Waals surface area contributed by atoms with Gasteiger partial charge in [-0.2, -0.15) is 0 Å². The standard InChI is InChI=1S/C9H14O/c1-3-8-5-4-6-9(10)7(8)2/h3,7-8H,1,4-6H2,2H3/t7-,8-/m1/s1. The zero-order valence-corrected chi connectivity index (χ0v) is 6.47. The van der Waals surface area contributed by atoms with Crippen LogP contribution >= 0.6 is 0 Å². The molecule has 0 aromatic heterocycles. The highest BCUT2D eigenvalue weighted by molar-refractivity contribution is 5.81. The van der Waals surface area contributed by atoms with E-state index in [0.29, 0.717) is 11.7 Å². The Labute approximate surface area is 62.1 Å². The lowest BCUT2D eigenvalue weighted by Crippen LogP contribution is -2.24. The molecule has 56 valence electrons. The molecule has 1 nitrogen and oxygen atoms in total. The third-order valence-electron chi connectivity index (χ3n) is 2.41. The van der Waals surface area contributed by atoms with Gasteiger partial charge in [-0.3, -0.25) is 4.79 Å². The summed E-state index contributed by atoms with van der Waals surface area (Å²) in [5.74, 6) is 1.09. The maximum absolute atomic E-state index is 11.1. The third-order valence-corrected chi connectivity index (χ3v) is 2.41. The maximum Gasteiger partial charge on any atom is 0.136 e. The summed E-state index contributed by atoms with van der Waals surface area (Å²) in [5.41, 5.74) is 0. The number of Topliss-reactive ketones (excluding diaryl/α,β-unsaturated/α-hetero) is 1. The molecule has 0 aromatic carbocycles. The van der Waals surface area contributed by atoms with Gasteiger partial charge in [0, 0.05) is 12.3 Å². The molecular formula is C9H14O. The number of hydrogen-bond donors (Lipinski definition) is 0. The molecule has 1 heteroatoms. The molecule has 0 unspecified atom stereocenters. The van der Waals surface area contributed by atoms with Gasteiger partial charge in [-0.1, -0.05) is 13.0 Å². The average Bonchev–Trinajstić information content (AvgIpc) is 1.95. The zero-order chi connectivity index (χ0) is 7.56. The molecule has 0 aromatic rings. The number of ketones is 1. The Hall–Kier alpha value is -0.590. The molecule has 1 fully saturated rings. The van der Waals surface area contributed by atoms with E-state index in [0.717, 1.165) is 19.3 Å². The lowest BCUT2D eigenvalue weighted by atomic mass is 9.80. The fourth-order valence-corrected chi connectivity index (χ4v) is 1.55. The Morgan fingerprint density at radius 2 is 2.40 bits per heavy atom. The number of allylic oxidation sites excluding steroid dienone is 1. The summed E-state index contributed by atoms with van der Waals surface area (Å²) in [5, 5.41) is 0. The van der Waals surface area contributed by atoms with E-state index in [1.807, 2.05) is 13.0 Å². The first-order chi connectivity index (χ1) is 4.75. The van der Waals surface area contributed by atoms with Crippen LogP contribution in [0.2, 0.25) is 0 Å². The van der Waals surface area contributed by atoms with E-state index >= 15 is 0 Å². The number of carbonyl (C=O) groups is 1. The molecule has 0 aliphatic heterocycles. The van der Waals surface area contributed by atoms with Crippen LogP contribution in [0.1, 0.15) is 26.2 Å². The van der Waals surface area contributed by atoms with Gasteiger partial charge in [0.2, 0.25) is 0 Å². The Kier molecular flexibility index (Phi) is 2.25. The zero-order valence-electron chi connectivity index (χ0n) is 6.47. The van der Waals surface area contributed by atoms with Crippen LogP contribution in [0.25, 0.3) is 0 Å². The molecule has 2 atom stereocenters. The van der Waals surface area contributed by atoms with Gasteiger partial charge in [-0.15, -0.1) is 6.58 Å². The molecule has 0 heterocycles. The first-order valence-electron chi connectivity index (χ1n) is 3.91. The molecule has 0 saturated heterocycles. The van der Waals surface area contributed by atoms with Crippen LogP contribution in [0.15, 0.2) is 12.7 Å². The maximum atomic E-state index is 11.1. The Morgan fingerprint density at radius 1 is 1.70 bits per heavy atom. The van der Waals surface area contributed by atoms with Crippen LogP contribution in [0, 0.1) is 11.8 Å². The lowest BCUT2D eigenvalue weighted by molar-refractivity contribution is -0.125. The summed E-state index contributed by atoms with van der Waals surface area (Å²) in [6.45, 7) is 5.72. The molecule has 0 amide bonds. The van der Waals surface area contributed by atoms with E-state index < -0.39 is 0 Å². The SMILES string of the molecule is C=C[C@@H]1CCCC(=O)[C@@H]1C. The van der Waals surface area contributed by atoms with Crippen molar-refractivity contribution in [3.05, 3.63) is 12.7 Å². The fraction of sp³-hybridized carbons (Fsp3) is 0.667. The van der Waals surface area contributed by atoms with Gasteiger partial charge in [0.05, 0.1) is 0 Å². The van der Waals surface area contributed by atoms with Gasteiger partial charge in [0.15, 0.2) is 0 Å². The van der Waals surface area contributed by atoms with E-state index in [4.69, 9.17) is 0 Å². The third kappa shape index (κ3) is 1.28. The molecule has 1 rings (SSSR count). The minimum Gasteiger partial charge on any atom is -0.299 e. The largest absolute Gasteiger partial charge is 0.299 e. The van der Waals surface area contributed by atoms with Gasteiger partial charge in [-0.05, 0) is 18.8 Å². The Bertz CT molecular complexity index is 149. The minimum absolute atomic E-state index is 0.228. The van der Waals surface area contributed by atoms with Gasteiger partial charge in [0.1, 0.15) is 5.78 Å². The van der Waals surface area contributed by atoms with Crippen molar-refractivity contribution in [2.24, 2.45) is 11.8 Å². The van der Waals surface area contributed by atoms with Gasteiger partial charge >= 0.3 is 0 Å². The van der Waals surface area contributed by atoms with Gasteiger partial charge in [-0.25, -0.2) is 0 Å². The fourth-order valence-electron chi connectivity index (χ4n) is 1.55. The van der Waals surface area contributed by atoms with Gasteiger partial charge in [0.25, 0.3) is 0 Å². The van der Waals surface area contributed by atoms with E-state index in [1.165, 1.54) is 0 Å². The highest BCUT2D eigenvalue weighted by Crippen LogP contribution is 2.27. The Morgan fingerprint density at radius 3 is 2.90 bits per heavy atom. The van der Waals surface area contributed by atoms with Crippen molar-refractivity contribution in [3.63, 3.8) is 0 Å². The predicted octanol–water partition coefficient (Wildman–Crippen LogP) is 2.18. The van der Waals surface area contributed by atoms with E-state index in [9.17, 15) is 4.79 Å². The highest BCUT2D eigenvalue weighted by Gasteiger charge is 2.25. The van der Waals surface area contributed by atoms with E-state index in [1.54, 1.807) is 0 Å². The molecule has 1 aliphatic carbocycles. The van der Waals surface area contributed by atoms with Crippen molar-refractivity contribution in [1.29, 1.82) is 0 Å². The Balaban J connectivity index is 2.59. The number of rotatable bonds is 1. The second-order valence-corrected chi connectivity index (χ2v) is 3.05. The van der Waals surface area contributed by atoms with E-state index in [-0.39, 0.29) is 5.92 Å². The van der Waals surface area contributed by atoms with Crippen molar-refractivity contribution in [1.82, 2.24) is 0 Å².